The highest BCUT2D eigenvalue weighted by molar-refractivity contribution is 5.94. The summed E-state index contributed by atoms with van der Waals surface area (Å²) in [5, 5.41) is 18.5. The van der Waals surface area contributed by atoms with Crippen molar-refractivity contribution in [1.29, 1.82) is 0 Å². The second kappa shape index (κ2) is 11.9. The van der Waals surface area contributed by atoms with E-state index in [1.54, 1.807) is 28.0 Å². The van der Waals surface area contributed by atoms with Gasteiger partial charge >= 0.3 is 5.97 Å². The molecule has 3 aromatic heterocycles. The zero-order chi connectivity index (χ0) is 28.2. The summed E-state index contributed by atoms with van der Waals surface area (Å²) in [6, 6.07) is 10.8. The molecule has 41 heavy (non-hydrogen) atoms. The van der Waals surface area contributed by atoms with Crippen LogP contribution in [0.15, 0.2) is 55.0 Å². The number of nitrogens with one attached hydrogen (secondary N) is 1. The molecule has 0 bridgehead atoms. The number of morpholine rings is 1. The van der Waals surface area contributed by atoms with E-state index in [1.807, 2.05) is 24.3 Å². The van der Waals surface area contributed by atoms with Crippen molar-refractivity contribution in [1.82, 2.24) is 24.6 Å². The van der Waals surface area contributed by atoms with Crippen molar-refractivity contribution in [2.24, 2.45) is 0 Å². The van der Waals surface area contributed by atoms with Crippen LogP contribution in [0.3, 0.4) is 0 Å². The SMILES string of the molecule is O=C(O)CC(c1cncc(C(=O)N2CCOCC2)c1)n1ncc2cc(OCCc3ccc4c(n3)CCCN4)ccc21. The molecule has 1 fully saturated rings. The van der Waals surface area contributed by atoms with Crippen LogP contribution in [0.25, 0.3) is 10.9 Å². The van der Waals surface area contributed by atoms with Crippen LogP contribution in [0.5, 0.6) is 5.75 Å². The van der Waals surface area contributed by atoms with E-state index in [2.05, 4.69) is 21.5 Å². The molecule has 0 radical (unpaired) electrons. The number of aryl methyl sites for hydroxylation is 1. The van der Waals surface area contributed by atoms with Gasteiger partial charge in [0.05, 0.1) is 60.9 Å². The molecule has 11 heteroatoms. The molecule has 11 nitrogen and oxygen atoms in total. The third kappa shape index (κ3) is 5.99. The van der Waals surface area contributed by atoms with Crippen LogP contribution in [-0.2, 0) is 22.4 Å². The Bertz CT molecular complexity index is 1560. The molecule has 2 N–H and O–H groups in total. The van der Waals surface area contributed by atoms with Gasteiger partial charge in [-0.15, -0.1) is 0 Å². The number of pyridine rings is 2. The lowest BCUT2D eigenvalue weighted by atomic mass is 10.0. The van der Waals surface area contributed by atoms with Gasteiger partial charge in [0, 0.05) is 49.5 Å². The van der Waals surface area contributed by atoms with Gasteiger partial charge in [0.15, 0.2) is 0 Å². The minimum atomic E-state index is -0.977. The number of amides is 1. The number of nitrogens with zero attached hydrogens (tertiary/aromatic N) is 5. The van der Waals surface area contributed by atoms with Crippen LogP contribution in [0.1, 0.15) is 46.2 Å². The van der Waals surface area contributed by atoms with Gasteiger partial charge in [-0.1, -0.05) is 0 Å². The van der Waals surface area contributed by atoms with E-state index in [-0.39, 0.29) is 12.3 Å². The summed E-state index contributed by atoms with van der Waals surface area (Å²) in [5.41, 5.74) is 5.01. The molecule has 1 unspecified atom stereocenters. The van der Waals surface area contributed by atoms with Crippen molar-refractivity contribution >= 4 is 28.5 Å². The van der Waals surface area contributed by atoms with Crippen LogP contribution < -0.4 is 10.1 Å². The van der Waals surface area contributed by atoms with Gasteiger partial charge in [0.2, 0.25) is 0 Å². The molecule has 212 valence electrons. The molecule has 4 aromatic rings. The number of aliphatic carboxylic acids is 1. The number of carboxylic acid groups (broad SMARTS) is 1. The summed E-state index contributed by atoms with van der Waals surface area (Å²) >= 11 is 0. The average Bonchev–Trinajstić information content (AvgIpc) is 3.43. The Labute approximate surface area is 237 Å². The fourth-order valence-electron chi connectivity index (χ4n) is 5.38. The molecule has 1 amide bonds. The fraction of sp³-hybridized carbons (Fsp3) is 0.367. The topological polar surface area (TPSA) is 132 Å². The maximum Gasteiger partial charge on any atom is 0.305 e. The van der Waals surface area contributed by atoms with Crippen LogP contribution in [0.2, 0.25) is 0 Å². The summed E-state index contributed by atoms with van der Waals surface area (Å²) < 4.78 is 13.1. The van der Waals surface area contributed by atoms with Crippen LogP contribution in [-0.4, -0.2) is 81.1 Å². The molecular weight excluding hydrogens is 524 g/mol. The van der Waals surface area contributed by atoms with E-state index in [4.69, 9.17) is 14.5 Å². The molecule has 1 aromatic carbocycles. The largest absolute Gasteiger partial charge is 0.493 e. The third-order valence-electron chi connectivity index (χ3n) is 7.48. The first-order valence-corrected chi connectivity index (χ1v) is 13.9. The van der Waals surface area contributed by atoms with Crippen molar-refractivity contribution in [2.45, 2.75) is 31.7 Å². The second-order valence-corrected chi connectivity index (χ2v) is 10.3. The first-order valence-electron chi connectivity index (χ1n) is 13.9. The lowest BCUT2D eigenvalue weighted by molar-refractivity contribution is -0.137. The molecule has 2 aliphatic rings. The number of benzene rings is 1. The number of rotatable bonds is 9. The first kappa shape index (κ1) is 26.7. The van der Waals surface area contributed by atoms with Crippen LogP contribution in [0, 0.1) is 0 Å². The number of hydrogen-bond acceptors (Lipinski definition) is 8. The maximum atomic E-state index is 13.0. The minimum absolute atomic E-state index is 0.147. The fourth-order valence-corrected chi connectivity index (χ4v) is 5.38. The maximum absolute atomic E-state index is 13.0. The lowest BCUT2D eigenvalue weighted by Crippen LogP contribution is -2.40. The smallest absolute Gasteiger partial charge is 0.305 e. The monoisotopic (exact) mass is 556 g/mol. The highest BCUT2D eigenvalue weighted by Crippen LogP contribution is 2.29. The quantitative estimate of drug-likeness (QED) is 0.319. The summed E-state index contributed by atoms with van der Waals surface area (Å²) in [4.78, 5) is 35.7. The number of fused-ring (bicyclic) bond motifs is 2. The van der Waals surface area contributed by atoms with Crippen molar-refractivity contribution in [3.05, 3.63) is 77.5 Å². The van der Waals surface area contributed by atoms with Crippen LogP contribution in [0.4, 0.5) is 5.69 Å². The Morgan fingerprint density at radius 3 is 2.83 bits per heavy atom. The number of hydrogen-bond donors (Lipinski definition) is 2. The minimum Gasteiger partial charge on any atom is -0.493 e. The Balaban J connectivity index is 1.18. The van der Waals surface area contributed by atoms with Gasteiger partial charge in [0.25, 0.3) is 5.91 Å². The van der Waals surface area contributed by atoms with Gasteiger partial charge < -0.3 is 24.8 Å². The average molecular weight is 557 g/mol. The molecule has 0 aliphatic carbocycles. The highest BCUT2D eigenvalue weighted by atomic mass is 16.5. The summed E-state index contributed by atoms with van der Waals surface area (Å²) in [6.07, 6.45) is 7.37. The van der Waals surface area contributed by atoms with Crippen molar-refractivity contribution < 1.29 is 24.2 Å². The standard InChI is InChI=1S/C30H32N6O5/c37-29(38)16-28(20-14-22(18-31-17-20)30(39)35-9-12-40-13-10-35)36-27-6-4-24(15-21(27)19-33-36)41-11-7-23-3-5-25-26(34-23)2-1-8-32-25/h3-6,14-15,17-19,28,32H,1-2,7-13,16H2,(H,37,38). The lowest BCUT2D eigenvalue weighted by Gasteiger charge is -2.27. The molecule has 2 aliphatic heterocycles. The molecule has 1 atom stereocenters. The number of carboxylic acids is 1. The predicted octanol–water partition coefficient (Wildman–Crippen LogP) is 3.34. The van der Waals surface area contributed by atoms with Crippen molar-refractivity contribution in [2.75, 3.05) is 44.8 Å². The van der Waals surface area contributed by atoms with E-state index in [9.17, 15) is 14.7 Å². The Morgan fingerprint density at radius 2 is 1.98 bits per heavy atom. The van der Waals surface area contributed by atoms with E-state index in [0.717, 1.165) is 47.4 Å². The number of anilines is 1. The Morgan fingerprint density at radius 1 is 1.10 bits per heavy atom. The number of ether oxygens (including phenoxy) is 2. The normalized spacial score (nSPS) is 15.7. The predicted molar refractivity (Wildman–Crippen MR) is 151 cm³/mol. The van der Waals surface area contributed by atoms with Gasteiger partial charge in [0.1, 0.15) is 5.75 Å². The molecule has 6 rings (SSSR count). The second-order valence-electron chi connectivity index (χ2n) is 10.3. The number of carbonyl (C=O) groups is 2. The van der Waals surface area contributed by atoms with Crippen molar-refractivity contribution in [3.63, 3.8) is 0 Å². The van der Waals surface area contributed by atoms with Crippen LogP contribution >= 0.6 is 0 Å². The summed E-state index contributed by atoms with van der Waals surface area (Å²) in [5.74, 6) is -0.424. The molecule has 0 spiro atoms. The highest BCUT2D eigenvalue weighted by Gasteiger charge is 2.24. The summed E-state index contributed by atoms with van der Waals surface area (Å²) in [6.45, 7) is 3.48. The summed E-state index contributed by atoms with van der Waals surface area (Å²) in [7, 11) is 0. The number of aromatic nitrogens is 4. The van der Waals surface area contributed by atoms with E-state index in [1.165, 1.54) is 6.20 Å². The van der Waals surface area contributed by atoms with Crippen molar-refractivity contribution in [3.8, 4) is 5.75 Å². The molecular formula is C30H32N6O5. The van der Waals surface area contributed by atoms with E-state index < -0.39 is 12.0 Å². The Hall–Kier alpha value is -4.51. The van der Waals surface area contributed by atoms with Gasteiger partial charge in [-0.05, 0) is 54.8 Å². The molecule has 1 saturated heterocycles. The Kier molecular flexibility index (Phi) is 7.77. The zero-order valence-electron chi connectivity index (χ0n) is 22.7. The van der Waals surface area contributed by atoms with E-state index in [0.29, 0.717) is 56.2 Å². The van der Waals surface area contributed by atoms with Gasteiger partial charge in [-0.25, -0.2) is 0 Å². The van der Waals surface area contributed by atoms with Gasteiger partial charge in [-0.2, -0.15) is 5.10 Å². The zero-order valence-corrected chi connectivity index (χ0v) is 22.7. The number of carbonyl (C=O) groups excluding carboxylic acids is 1. The third-order valence-corrected chi connectivity index (χ3v) is 7.48. The molecule has 0 saturated carbocycles. The van der Waals surface area contributed by atoms with E-state index >= 15 is 0 Å². The molecule has 5 heterocycles. The van der Waals surface area contributed by atoms with Gasteiger partial charge in [-0.3, -0.25) is 24.2 Å². The first-order chi connectivity index (χ1) is 20.0.